The van der Waals surface area contributed by atoms with Gasteiger partial charge in [0.1, 0.15) is 0 Å². The van der Waals surface area contributed by atoms with Gasteiger partial charge in [0.25, 0.3) is 0 Å². The molecule has 1 heterocycles. The van der Waals surface area contributed by atoms with Crippen molar-refractivity contribution in [3.8, 4) is 11.8 Å². The van der Waals surface area contributed by atoms with Crippen LogP contribution >= 0.6 is 11.8 Å². The highest BCUT2D eigenvalue weighted by Gasteiger charge is 2.15. The van der Waals surface area contributed by atoms with E-state index in [1.807, 2.05) is 25.1 Å². The smallest absolute Gasteiger partial charge is 0.174 e. The Morgan fingerprint density at radius 2 is 1.86 bits per heavy atom. The highest BCUT2D eigenvalue weighted by molar-refractivity contribution is 8.00. The fourth-order valence-electron chi connectivity index (χ4n) is 2.21. The van der Waals surface area contributed by atoms with E-state index in [9.17, 15) is 0 Å². The topological polar surface area (TPSA) is 41.6 Å². The highest BCUT2D eigenvalue weighted by Crippen LogP contribution is 2.30. The first-order chi connectivity index (χ1) is 10.2. The van der Waals surface area contributed by atoms with Crippen LogP contribution in [-0.2, 0) is 0 Å². The summed E-state index contributed by atoms with van der Waals surface area (Å²) in [7, 11) is 0. The molecule has 3 nitrogen and oxygen atoms in total. The lowest BCUT2D eigenvalue weighted by atomic mass is 10.2. The Bertz CT molecular complexity index is 812. The summed E-state index contributed by atoms with van der Waals surface area (Å²) in [5, 5.41) is 9.78. The van der Waals surface area contributed by atoms with E-state index in [1.54, 1.807) is 0 Å². The Balaban J connectivity index is 2.20. The van der Waals surface area contributed by atoms with Gasteiger partial charge in [-0.2, -0.15) is 5.26 Å². The van der Waals surface area contributed by atoms with E-state index in [1.165, 1.54) is 17.3 Å². The molecule has 0 amide bonds. The van der Waals surface area contributed by atoms with E-state index in [0.29, 0.717) is 0 Å². The van der Waals surface area contributed by atoms with Crippen molar-refractivity contribution in [3.63, 3.8) is 0 Å². The van der Waals surface area contributed by atoms with Gasteiger partial charge in [-0.3, -0.25) is 4.57 Å². The zero-order valence-electron chi connectivity index (χ0n) is 11.9. The van der Waals surface area contributed by atoms with Gasteiger partial charge in [-0.05, 0) is 38.1 Å². The second-order valence-electron chi connectivity index (χ2n) is 4.94. The molecule has 0 radical (unpaired) electrons. The van der Waals surface area contributed by atoms with Crippen LogP contribution in [-0.4, -0.2) is 14.8 Å². The Labute approximate surface area is 128 Å². The average Bonchev–Trinajstić information content (AvgIpc) is 2.86. The molecule has 1 unspecified atom stereocenters. The van der Waals surface area contributed by atoms with Crippen LogP contribution in [0.3, 0.4) is 0 Å². The Morgan fingerprint density at radius 1 is 1.14 bits per heavy atom. The van der Waals surface area contributed by atoms with Crippen molar-refractivity contribution in [2.45, 2.75) is 24.3 Å². The second kappa shape index (κ2) is 5.63. The molecule has 0 saturated heterocycles. The molecule has 0 spiro atoms. The Kier molecular flexibility index (Phi) is 3.68. The van der Waals surface area contributed by atoms with Crippen molar-refractivity contribution < 1.29 is 0 Å². The summed E-state index contributed by atoms with van der Waals surface area (Å²) in [4.78, 5) is 4.67. The van der Waals surface area contributed by atoms with Crippen molar-refractivity contribution >= 4 is 22.8 Å². The van der Waals surface area contributed by atoms with Crippen LogP contribution in [0.25, 0.3) is 16.7 Å². The predicted octanol–water partition coefficient (Wildman–Crippen LogP) is 4.34. The molecule has 104 valence electrons. The maximum Gasteiger partial charge on any atom is 0.174 e. The van der Waals surface area contributed by atoms with Gasteiger partial charge >= 0.3 is 0 Å². The average molecular weight is 293 g/mol. The summed E-state index contributed by atoms with van der Waals surface area (Å²) in [5.41, 5.74) is 4.31. The van der Waals surface area contributed by atoms with Crippen LogP contribution in [0.2, 0.25) is 0 Å². The quantitative estimate of drug-likeness (QED) is 0.675. The monoisotopic (exact) mass is 293 g/mol. The van der Waals surface area contributed by atoms with Crippen LogP contribution in [0, 0.1) is 18.3 Å². The van der Waals surface area contributed by atoms with E-state index in [2.05, 4.69) is 52.9 Å². The molecule has 0 bridgehead atoms. The zero-order chi connectivity index (χ0) is 14.8. The summed E-state index contributed by atoms with van der Waals surface area (Å²) in [6, 6.07) is 18.7. The second-order valence-corrected chi connectivity index (χ2v) is 6.25. The molecule has 0 N–H and O–H groups in total. The number of nitrogens with zero attached hydrogens (tertiary/aromatic N) is 3. The fraction of sp³-hybridized carbons (Fsp3) is 0.176. The number of hydrogen-bond acceptors (Lipinski definition) is 3. The zero-order valence-corrected chi connectivity index (χ0v) is 12.8. The molecule has 1 aromatic heterocycles. The molecule has 1 atom stereocenters. The van der Waals surface area contributed by atoms with E-state index in [0.717, 1.165) is 21.9 Å². The summed E-state index contributed by atoms with van der Waals surface area (Å²) in [6.45, 7) is 3.96. The number of fused-ring (bicyclic) bond motifs is 1. The van der Waals surface area contributed by atoms with Crippen LogP contribution < -0.4 is 0 Å². The summed E-state index contributed by atoms with van der Waals surface area (Å²) in [5.74, 6) is 0. The third kappa shape index (κ3) is 2.65. The van der Waals surface area contributed by atoms with Crippen molar-refractivity contribution in [2.24, 2.45) is 0 Å². The van der Waals surface area contributed by atoms with E-state index in [-0.39, 0.29) is 5.25 Å². The number of hydrogen-bond donors (Lipinski definition) is 0. The molecule has 0 aliphatic carbocycles. The lowest BCUT2D eigenvalue weighted by Crippen LogP contribution is -1.99. The van der Waals surface area contributed by atoms with E-state index >= 15 is 0 Å². The van der Waals surface area contributed by atoms with Crippen LogP contribution in [0.5, 0.6) is 0 Å². The minimum atomic E-state index is -0.133. The van der Waals surface area contributed by atoms with Crippen LogP contribution in [0.15, 0.2) is 53.7 Å². The number of para-hydroxylation sites is 2. The van der Waals surface area contributed by atoms with Gasteiger partial charge in [0.2, 0.25) is 0 Å². The standard InChI is InChI=1S/C17H15N3S/c1-12-7-9-14(10-8-12)20-16-6-4-3-5-15(16)19-17(20)21-13(2)11-18/h3-10,13H,1-2H3. The lowest BCUT2D eigenvalue weighted by Gasteiger charge is -2.10. The van der Waals surface area contributed by atoms with Crippen molar-refractivity contribution in [1.82, 2.24) is 9.55 Å². The van der Waals surface area contributed by atoms with Gasteiger partial charge in [-0.15, -0.1) is 0 Å². The van der Waals surface area contributed by atoms with Gasteiger partial charge in [0.15, 0.2) is 5.16 Å². The molecule has 4 heteroatoms. The van der Waals surface area contributed by atoms with E-state index in [4.69, 9.17) is 5.26 Å². The number of thioether (sulfide) groups is 1. The number of benzene rings is 2. The Morgan fingerprint density at radius 3 is 2.57 bits per heavy atom. The van der Waals surface area contributed by atoms with Crippen molar-refractivity contribution in [1.29, 1.82) is 5.26 Å². The van der Waals surface area contributed by atoms with Crippen LogP contribution in [0.4, 0.5) is 0 Å². The normalized spacial score (nSPS) is 12.2. The molecule has 0 aliphatic rings. The minimum absolute atomic E-state index is 0.133. The van der Waals surface area contributed by atoms with Crippen LogP contribution in [0.1, 0.15) is 12.5 Å². The first kappa shape index (κ1) is 13.7. The number of nitriles is 1. The largest absolute Gasteiger partial charge is 0.287 e. The summed E-state index contributed by atoms with van der Waals surface area (Å²) >= 11 is 1.49. The number of rotatable bonds is 3. The summed E-state index contributed by atoms with van der Waals surface area (Å²) in [6.07, 6.45) is 0. The number of imidazole rings is 1. The van der Waals surface area contributed by atoms with Gasteiger partial charge in [-0.25, -0.2) is 4.98 Å². The number of aromatic nitrogens is 2. The lowest BCUT2D eigenvalue weighted by molar-refractivity contribution is 0.915. The van der Waals surface area contributed by atoms with Crippen molar-refractivity contribution in [3.05, 3.63) is 54.1 Å². The van der Waals surface area contributed by atoms with Crippen molar-refractivity contribution in [2.75, 3.05) is 0 Å². The van der Waals surface area contributed by atoms with Gasteiger partial charge in [-0.1, -0.05) is 41.6 Å². The molecular weight excluding hydrogens is 278 g/mol. The third-order valence-corrected chi connectivity index (χ3v) is 4.23. The Hall–Kier alpha value is -2.25. The molecule has 3 aromatic rings. The molecule has 2 aromatic carbocycles. The molecule has 0 saturated carbocycles. The van der Waals surface area contributed by atoms with Gasteiger partial charge < -0.3 is 0 Å². The van der Waals surface area contributed by atoms with E-state index < -0.39 is 0 Å². The predicted molar refractivity (Wildman–Crippen MR) is 86.7 cm³/mol. The molecular formula is C17H15N3S. The molecule has 0 fully saturated rings. The third-order valence-electron chi connectivity index (χ3n) is 3.29. The minimum Gasteiger partial charge on any atom is -0.287 e. The fourth-order valence-corrected chi connectivity index (χ4v) is 3.04. The first-order valence-corrected chi connectivity index (χ1v) is 7.68. The first-order valence-electron chi connectivity index (χ1n) is 6.80. The SMILES string of the molecule is Cc1ccc(-n2c(SC(C)C#N)nc3ccccc32)cc1. The van der Waals surface area contributed by atoms with Gasteiger partial charge in [0.05, 0.1) is 22.4 Å². The van der Waals surface area contributed by atoms with Gasteiger partial charge in [0, 0.05) is 5.69 Å². The maximum atomic E-state index is 9.06. The maximum absolute atomic E-state index is 9.06. The molecule has 3 rings (SSSR count). The molecule has 21 heavy (non-hydrogen) atoms. The summed E-state index contributed by atoms with van der Waals surface area (Å²) < 4.78 is 2.12. The molecule has 0 aliphatic heterocycles. The number of aryl methyl sites for hydroxylation is 1. The highest BCUT2D eigenvalue weighted by atomic mass is 32.2.